The van der Waals surface area contributed by atoms with Gasteiger partial charge in [0.05, 0.1) is 5.69 Å². The average molecular weight is 512 g/mol. The maximum atomic E-state index is 2.43. The summed E-state index contributed by atoms with van der Waals surface area (Å²) >= 11 is 0. The third kappa shape index (κ3) is 3.28. The molecule has 0 amide bonds. The van der Waals surface area contributed by atoms with Crippen molar-refractivity contribution in [2.75, 3.05) is 4.90 Å². The fourth-order valence-corrected chi connectivity index (χ4v) is 6.88. The smallest absolute Gasteiger partial charge is 0.0543 e. The summed E-state index contributed by atoms with van der Waals surface area (Å²) in [6.07, 6.45) is 0. The molecule has 0 N–H and O–H groups in total. The molecule has 40 heavy (non-hydrogen) atoms. The molecular formula is C39H29N. The van der Waals surface area contributed by atoms with Crippen LogP contribution < -0.4 is 4.90 Å². The van der Waals surface area contributed by atoms with Crippen molar-refractivity contribution in [3.63, 3.8) is 0 Å². The minimum Gasteiger partial charge on any atom is -0.310 e. The van der Waals surface area contributed by atoms with Crippen LogP contribution in [0.15, 0.2) is 140 Å². The fourth-order valence-electron chi connectivity index (χ4n) is 6.88. The van der Waals surface area contributed by atoms with Gasteiger partial charge in [0, 0.05) is 22.4 Å². The van der Waals surface area contributed by atoms with E-state index in [9.17, 15) is 0 Å². The van der Waals surface area contributed by atoms with E-state index in [1.165, 1.54) is 60.3 Å². The van der Waals surface area contributed by atoms with E-state index in [1.54, 1.807) is 0 Å². The van der Waals surface area contributed by atoms with E-state index >= 15 is 0 Å². The van der Waals surface area contributed by atoms with E-state index in [0.29, 0.717) is 0 Å². The third-order valence-electron chi connectivity index (χ3n) is 8.82. The normalized spacial score (nSPS) is 13.4. The van der Waals surface area contributed by atoms with Crippen molar-refractivity contribution in [1.29, 1.82) is 0 Å². The second kappa shape index (κ2) is 8.56. The van der Waals surface area contributed by atoms with Gasteiger partial charge in [-0.25, -0.2) is 0 Å². The molecule has 1 aliphatic rings. The predicted molar refractivity (Wildman–Crippen MR) is 171 cm³/mol. The molecule has 7 aromatic rings. The molecule has 0 unspecified atom stereocenters. The maximum Gasteiger partial charge on any atom is 0.0543 e. The van der Waals surface area contributed by atoms with Crippen LogP contribution in [-0.2, 0) is 5.41 Å². The quantitative estimate of drug-likeness (QED) is 0.213. The fraction of sp³-hybridized carbons (Fsp3) is 0.0769. The van der Waals surface area contributed by atoms with Gasteiger partial charge in [-0.05, 0) is 79.3 Å². The van der Waals surface area contributed by atoms with Crippen molar-refractivity contribution in [1.82, 2.24) is 0 Å². The maximum absolute atomic E-state index is 2.43. The van der Waals surface area contributed by atoms with Gasteiger partial charge < -0.3 is 4.90 Å². The van der Waals surface area contributed by atoms with Crippen molar-refractivity contribution in [2.45, 2.75) is 19.3 Å². The van der Waals surface area contributed by atoms with E-state index < -0.39 is 0 Å². The highest BCUT2D eigenvalue weighted by Crippen LogP contribution is 2.54. The number of rotatable bonds is 3. The van der Waals surface area contributed by atoms with Crippen LogP contribution in [0.5, 0.6) is 0 Å². The zero-order valence-electron chi connectivity index (χ0n) is 22.7. The van der Waals surface area contributed by atoms with E-state index in [0.717, 1.165) is 11.4 Å². The van der Waals surface area contributed by atoms with Gasteiger partial charge in [-0.3, -0.25) is 0 Å². The van der Waals surface area contributed by atoms with Crippen LogP contribution >= 0.6 is 0 Å². The molecule has 0 bridgehead atoms. The number of fused-ring (bicyclic) bond motifs is 8. The summed E-state index contributed by atoms with van der Waals surface area (Å²) in [5.41, 5.74) is 8.92. The summed E-state index contributed by atoms with van der Waals surface area (Å²) in [6, 6.07) is 51.2. The summed E-state index contributed by atoms with van der Waals surface area (Å²) in [4.78, 5) is 2.43. The summed E-state index contributed by atoms with van der Waals surface area (Å²) in [6.45, 7) is 4.69. The summed E-state index contributed by atoms with van der Waals surface area (Å²) in [7, 11) is 0. The Bertz CT molecular complexity index is 2080. The topological polar surface area (TPSA) is 3.24 Å². The Morgan fingerprint density at radius 1 is 0.450 bits per heavy atom. The molecule has 0 spiro atoms. The Balaban J connectivity index is 1.38. The summed E-state index contributed by atoms with van der Waals surface area (Å²) in [5, 5.41) is 7.71. The molecule has 0 aromatic heterocycles. The minimum absolute atomic E-state index is 0.0463. The van der Waals surface area contributed by atoms with Gasteiger partial charge in [0.25, 0.3) is 0 Å². The van der Waals surface area contributed by atoms with Crippen LogP contribution in [0.25, 0.3) is 43.4 Å². The summed E-state index contributed by atoms with van der Waals surface area (Å²) < 4.78 is 0. The monoisotopic (exact) mass is 511 g/mol. The molecule has 1 heteroatoms. The lowest BCUT2D eigenvalue weighted by atomic mass is 9.82. The standard InChI is InChI=1S/C39H29N/c1-39(2)35-16-9-8-15-34(35)38-36(39)17-10-18-37(38)40(28-12-4-3-5-13-28)29-21-24-31-27(25-29)20-23-32-30-14-7-6-11-26(30)19-22-33(31)32/h3-25H,1-2H3. The first kappa shape index (κ1) is 23.0. The van der Waals surface area contributed by atoms with Crippen molar-refractivity contribution in [2.24, 2.45) is 0 Å². The number of benzene rings is 7. The van der Waals surface area contributed by atoms with E-state index in [-0.39, 0.29) is 5.41 Å². The molecule has 1 nitrogen and oxygen atoms in total. The molecular weight excluding hydrogens is 482 g/mol. The highest BCUT2D eigenvalue weighted by molar-refractivity contribution is 6.17. The molecule has 0 saturated carbocycles. The summed E-state index contributed by atoms with van der Waals surface area (Å²) in [5.74, 6) is 0. The first-order valence-corrected chi connectivity index (χ1v) is 14.0. The Labute approximate surface area is 234 Å². The number of nitrogens with zero attached hydrogens (tertiary/aromatic N) is 1. The molecule has 1 aliphatic carbocycles. The van der Waals surface area contributed by atoms with Crippen molar-refractivity contribution >= 4 is 49.4 Å². The molecule has 7 aromatic carbocycles. The van der Waals surface area contributed by atoms with E-state index in [2.05, 4.69) is 158 Å². The lowest BCUT2D eigenvalue weighted by molar-refractivity contribution is 0.660. The number of hydrogen-bond acceptors (Lipinski definition) is 1. The SMILES string of the molecule is CC1(C)c2ccccc2-c2c(N(c3ccccc3)c3ccc4c(ccc5c6ccccc6ccc45)c3)cccc21. The Morgan fingerprint density at radius 3 is 1.95 bits per heavy atom. The minimum atomic E-state index is -0.0463. The van der Waals surface area contributed by atoms with Crippen molar-refractivity contribution < 1.29 is 0 Å². The zero-order valence-corrected chi connectivity index (χ0v) is 22.7. The van der Waals surface area contributed by atoms with Crippen LogP contribution in [-0.4, -0.2) is 0 Å². The van der Waals surface area contributed by atoms with Crippen LogP contribution in [0.4, 0.5) is 17.1 Å². The van der Waals surface area contributed by atoms with Crippen LogP contribution in [0.3, 0.4) is 0 Å². The predicted octanol–water partition coefficient (Wildman–Crippen LogP) is 10.9. The molecule has 0 saturated heterocycles. The van der Waals surface area contributed by atoms with Crippen LogP contribution in [0.1, 0.15) is 25.0 Å². The van der Waals surface area contributed by atoms with Gasteiger partial charge in [-0.15, -0.1) is 0 Å². The number of anilines is 3. The van der Waals surface area contributed by atoms with Crippen molar-refractivity contribution in [3.05, 3.63) is 151 Å². The molecule has 0 atom stereocenters. The molecule has 0 fully saturated rings. The number of para-hydroxylation sites is 1. The third-order valence-corrected chi connectivity index (χ3v) is 8.82. The van der Waals surface area contributed by atoms with Gasteiger partial charge >= 0.3 is 0 Å². The molecule has 0 heterocycles. The lowest BCUT2D eigenvalue weighted by Crippen LogP contribution is -2.16. The van der Waals surface area contributed by atoms with E-state index in [1.807, 2.05) is 0 Å². The first-order valence-electron chi connectivity index (χ1n) is 14.0. The molecule has 190 valence electrons. The van der Waals surface area contributed by atoms with Gasteiger partial charge in [0.1, 0.15) is 0 Å². The van der Waals surface area contributed by atoms with Crippen LogP contribution in [0.2, 0.25) is 0 Å². The highest BCUT2D eigenvalue weighted by atomic mass is 15.1. The average Bonchev–Trinajstić information content (AvgIpc) is 3.24. The Kier molecular flexibility index (Phi) is 4.93. The van der Waals surface area contributed by atoms with Crippen molar-refractivity contribution in [3.8, 4) is 11.1 Å². The Hall–Kier alpha value is -4.88. The number of hydrogen-bond donors (Lipinski definition) is 0. The highest BCUT2D eigenvalue weighted by Gasteiger charge is 2.37. The molecule has 8 rings (SSSR count). The van der Waals surface area contributed by atoms with Gasteiger partial charge in [-0.1, -0.05) is 123 Å². The van der Waals surface area contributed by atoms with E-state index in [4.69, 9.17) is 0 Å². The van der Waals surface area contributed by atoms with Gasteiger partial charge in [0.15, 0.2) is 0 Å². The molecule has 0 radical (unpaired) electrons. The second-order valence-corrected chi connectivity index (χ2v) is 11.4. The van der Waals surface area contributed by atoms with Gasteiger partial charge in [0.2, 0.25) is 0 Å². The lowest BCUT2D eigenvalue weighted by Gasteiger charge is -2.29. The van der Waals surface area contributed by atoms with Gasteiger partial charge in [-0.2, -0.15) is 0 Å². The second-order valence-electron chi connectivity index (χ2n) is 11.4. The van der Waals surface area contributed by atoms with Crippen LogP contribution in [0, 0.1) is 0 Å². The zero-order chi connectivity index (χ0) is 26.8. The Morgan fingerprint density at radius 2 is 1.10 bits per heavy atom. The first-order chi connectivity index (χ1) is 19.6. The molecule has 0 aliphatic heterocycles. The largest absolute Gasteiger partial charge is 0.310 e.